The quantitative estimate of drug-likeness (QED) is 0.253. The Balaban J connectivity index is 1.27. The van der Waals surface area contributed by atoms with Crippen molar-refractivity contribution in [3.63, 3.8) is 0 Å². The summed E-state index contributed by atoms with van der Waals surface area (Å²) >= 11 is 1.70. The lowest BCUT2D eigenvalue weighted by Crippen LogP contribution is -2.51. The fraction of sp³-hybridized carbons (Fsp3) is 0.367. The molecule has 1 heterocycles. The molecule has 196 valence electrons. The zero-order valence-corrected chi connectivity index (χ0v) is 22.0. The maximum absolute atomic E-state index is 11.5. The zero-order valence-electron chi connectivity index (χ0n) is 21.2. The van der Waals surface area contributed by atoms with Crippen LogP contribution < -0.4 is 9.84 Å². The Bertz CT molecular complexity index is 1090. The van der Waals surface area contributed by atoms with Gasteiger partial charge in [-0.05, 0) is 60.1 Å². The first kappa shape index (κ1) is 27.0. The molecule has 0 aliphatic carbocycles. The highest BCUT2D eigenvalue weighted by Crippen LogP contribution is 2.32. The number of hydrogen-bond acceptors (Lipinski definition) is 6. The lowest BCUT2D eigenvalue weighted by Gasteiger charge is -2.40. The topological polar surface area (TPSA) is 71.1 Å². The second-order valence-electron chi connectivity index (χ2n) is 9.07. The van der Waals surface area contributed by atoms with Crippen molar-refractivity contribution in [1.29, 1.82) is 0 Å². The lowest BCUT2D eigenvalue weighted by molar-refractivity contribution is -0.268. The number of thioether (sulfide) groups is 1. The van der Waals surface area contributed by atoms with Crippen molar-refractivity contribution in [2.45, 2.75) is 36.4 Å². The summed E-state index contributed by atoms with van der Waals surface area (Å²) in [6.45, 7) is 2.85. The highest BCUT2D eigenvalue weighted by molar-refractivity contribution is 7.98. The van der Waals surface area contributed by atoms with Crippen molar-refractivity contribution >= 4 is 17.9 Å². The first-order valence-electron chi connectivity index (χ1n) is 12.7. The molecule has 3 aromatic rings. The first-order chi connectivity index (χ1) is 18.1. The number of likely N-dealkylation sites (tertiary alicyclic amines) is 1. The van der Waals surface area contributed by atoms with E-state index >= 15 is 0 Å². The highest BCUT2D eigenvalue weighted by Gasteiger charge is 2.31. The van der Waals surface area contributed by atoms with Crippen LogP contribution in [-0.4, -0.2) is 56.3 Å². The number of ether oxygens (including phenoxy) is 3. The minimum atomic E-state index is -1.15. The molecule has 1 aliphatic rings. The second kappa shape index (κ2) is 14.1. The molecular weight excluding hydrogens is 486 g/mol. The van der Waals surface area contributed by atoms with Crippen molar-refractivity contribution in [2.75, 3.05) is 39.2 Å². The van der Waals surface area contributed by atoms with Crippen LogP contribution in [0, 0.1) is 0 Å². The maximum Gasteiger partial charge on any atom is 0.137 e. The highest BCUT2D eigenvalue weighted by atomic mass is 32.2. The van der Waals surface area contributed by atoms with E-state index in [1.165, 1.54) is 15.4 Å². The summed E-state index contributed by atoms with van der Waals surface area (Å²) in [6.07, 6.45) is 2.21. The van der Waals surface area contributed by atoms with Gasteiger partial charge in [-0.1, -0.05) is 54.6 Å². The van der Waals surface area contributed by atoms with Gasteiger partial charge in [0, 0.05) is 23.9 Å². The van der Waals surface area contributed by atoms with Gasteiger partial charge in [-0.3, -0.25) is 0 Å². The molecule has 0 bridgehead atoms. The number of piperidine rings is 1. The minimum Gasteiger partial charge on any atom is -0.530 e. The molecule has 3 aromatic carbocycles. The molecule has 1 saturated heterocycles. The Labute approximate surface area is 223 Å². The predicted octanol–water partition coefficient (Wildman–Crippen LogP) is 4.76. The van der Waals surface area contributed by atoms with Crippen LogP contribution in [0.4, 0.5) is 4.79 Å². The second-order valence-corrected chi connectivity index (χ2v) is 9.95. The molecule has 0 N–H and O–H groups in total. The summed E-state index contributed by atoms with van der Waals surface area (Å²) in [5.74, 6) is 0.880. The molecule has 1 aliphatic heterocycles. The smallest absolute Gasteiger partial charge is 0.137 e. The molecule has 4 rings (SSSR count). The van der Waals surface area contributed by atoms with Crippen molar-refractivity contribution in [3.8, 4) is 5.75 Å². The van der Waals surface area contributed by atoms with Gasteiger partial charge in [0.25, 0.3) is 0 Å². The van der Waals surface area contributed by atoms with E-state index in [1.54, 1.807) is 11.8 Å². The zero-order chi connectivity index (χ0) is 25.9. The molecule has 0 aromatic heterocycles. The standard InChI is InChI=1S/C30H35NO5S/c1-37-27-13-7-24(8-14-27)22-36-29-21-31(30(32)33)17-15-28(29)25-9-11-26(12-10-25)35-20-19-34-18-16-23-5-3-2-4-6-23/h2-14,28-29H,15-22H2,1H3,(H,32,33)/p-1. The molecule has 6 nitrogen and oxygen atoms in total. The number of hydrogen-bond donors (Lipinski definition) is 0. The van der Waals surface area contributed by atoms with Gasteiger partial charge in [0.1, 0.15) is 18.4 Å². The summed E-state index contributed by atoms with van der Waals surface area (Å²) in [7, 11) is 0. The van der Waals surface area contributed by atoms with Crippen molar-refractivity contribution < 1.29 is 24.1 Å². The Morgan fingerprint density at radius 3 is 2.41 bits per heavy atom. The predicted molar refractivity (Wildman–Crippen MR) is 144 cm³/mol. The summed E-state index contributed by atoms with van der Waals surface area (Å²) in [4.78, 5) is 14.0. The summed E-state index contributed by atoms with van der Waals surface area (Å²) < 4.78 is 17.8. The average molecular weight is 521 g/mol. The molecule has 1 fully saturated rings. The third-order valence-electron chi connectivity index (χ3n) is 6.62. The number of carbonyl (C=O) groups is 1. The van der Waals surface area contributed by atoms with Crippen LogP contribution in [0.5, 0.6) is 5.75 Å². The minimum absolute atomic E-state index is 0.0939. The van der Waals surface area contributed by atoms with Crippen LogP contribution in [-0.2, 0) is 22.5 Å². The van der Waals surface area contributed by atoms with Crippen LogP contribution in [0.25, 0.3) is 0 Å². The SMILES string of the molecule is CSc1ccc(COC2CN(C(=O)[O-])CCC2c2ccc(OCCOCCc3ccccc3)cc2)cc1. The van der Waals surface area contributed by atoms with Crippen LogP contribution >= 0.6 is 11.8 Å². The van der Waals surface area contributed by atoms with Gasteiger partial charge >= 0.3 is 0 Å². The molecular formula is C30H34NO5S-. The van der Waals surface area contributed by atoms with Crippen molar-refractivity contribution in [3.05, 3.63) is 95.6 Å². The number of nitrogens with zero attached hydrogens (tertiary/aromatic N) is 1. The monoisotopic (exact) mass is 520 g/mol. The molecule has 0 saturated carbocycles. The van der Waals surface area contributed by atoms with Gasteiger partial charge in [0.2, 0.25) is 0 Å². The van der Waals surface area contributed by atoms with E-state index < -0.39 is 6.09 Å². The third kappa shape index (κ3) is 8.25. The van der Waals surface area contributed by atoms with Crippen molar-refractivity contribution in [1.82, 2.24) is 4.90 Å². The third-order valence-corrected chi connectivity index (χ3v) is 7.37. The van der Waals surface area contributed by atoms with E-state index in [1.807, 2.05) is 36.6 Å². The molecule has 2 unspecified atom stereocenters. The van der Waals surface area contributed by atoms with E-state index in [4.69, 9.17) is 14.2 Å². The fourth-order valence-electron chi connectivity index (χ4n) is 4.52. The lowest BCUT2D eigenvalue weighted by atomic mass is 9.87. The molecule has 7 heteroatoms. The van der Waals surface area contributed by atoms with Crippen molar-refractivity contribution in [2.24, 2.45) is 0 Å². The van der Waals surface area contributed by atoms with Gasteiger partial charge in [0.15, 0.2) is 0 Å². The Morgan fingerprint density at radius 1 is 0.946 bits per heavy atom. The van der Waals surface area contributed by atoms with Gasteiger partial charge < -0.3 is 29.0 Å². The van der Waals surface area contributed by atoms with Crippen LogP contribution in [0.15, 0.2) is 83.8 Å². The van der Waals surface area contributed by atoms with E-state index in [0.29, 0.717) is 45.9 Å². The van der Waals surface area contributed by atoms with Gasteiger partial charge in [-0.15, -0.1) is 11.8 Å². The fourth-order valence-corrected chi connectivity index (χ4v) is 4.93. The van der Waals surface area contributed by atoms with Gasteiger partial charge in [0.05, 0.1) is 25.9 Å². The van der Waals surface area contributed by atoms with Crippen LogP contribution in [0.1, 0.15) is 29.0 Å². The maximum atomic E-state index is 11.5. The number of carbonyl (C=O) groups excluding carboxylic acids is 1. The number of amides is 1. The number of carboxylic acid groups (broad SMARTS) is 1. The Morgan fingerprint density at radius 2 is 1.70 bits per heavy atom. The summed E-state index contributed by atoms with van der Waals surface area (Å²) in [6, 6.07) is 26.6. The van der Waals surface area contributed by atoms with E-state index in [-0.39, 0.29) is 12.0 Å². The summed E-state index contributed by atoms with van der Waals surface area (Å²) in [5, 5.41) is 11.5. The molecule has 0 radical (unpaired) electrons. The van der Waals surface area contributed by atoms with E-state index in [2.05, 4.69) is 48.5 Å². The average Bonchev–Trinajstić information content (AvgIpc) is 2.95. The normalized spacial score (nSPS) is 17.5. The van der Waals surface area contributed by atoms with Gasteiger partial charge in [-0.25, -0.2) is 0 Å². The molecule has 2 atom stereocenters. The van der Waals surface area contributed by atoms with Gasteiger partial charge in [-0.2, -0.15) is 0 Å². The molecule has 37 heavy (non-hydrogen) atoms. The Hall–Kier alpha value is -3.00. The largest absolute Gasteiger partial charge is 0.530 e. The number of rotatable bonds is 12. The molecule has 1 amide bonds. The van der Waals surface area contributed by atoms with Crippen LogP contribution in [0.3, 0.4) is 0 Å². The van der Waals surface area contributed by atoms with Crippen LogP contribution in [0.2, 0.25) is 0 Å². The van der Waals surface area contributed by atoms with E-state index in [9.17, 15) is 9.90 Å². The first-order valence-corrected chi connectivity index (χ1v) is 13.9. The Kier molecular flexibility index (Phi) is 10.3. The number of benzene rings is 3. The molecule has 0 spiro atoms. The van der Waals surface area contributed by atoms with E-state index in [0.717, 1.165) is 23.3 Å². The summed E-state index contributed by atoms with van der Waals surface area (Å²) in [5.41, 5.74) is 3.45.